The summed E-state index contributed by atoms with van der Waals surface area (Å²) in [6.07, 6.45) is 3.19. The topological polar surface area (TPSA) is 39.1 Å². The molecule has 94 valence electrons. The second-order valence-corrected chi connectivity index (χ2v) is 4.62. The second kappa shape index (κ2) is 4.37. The summed E-state index contributed by atoms with van der Waals surface area (Å²) in [7, 11) is 1.69. The fourth-order valence-corrected chi connectivity index (χ4v) is 2.50. The monoisotopic (exact) mass is 243 g/mol. The van der Waals surface area contributed by atoms with Crippen molar-refractivity contribution in [3.8, 4) is 5.75 Å². The number of nitrogens with zero attached hydrogens (tertiary/aromatic N) is 2. The normalized spacial score (nSPS) is 18.0. The minimum absolute atomic E-state index is 0.369. The number of ether oxygens (including phenoxy) is 1. The lowest BCUT2D eigenvalue weighted by atomic mass is 10.0. The minimum atomic E-state index is 0.369. The lowest BCUT2D eigenvalue weighted by molar-refractivity contribution is 0.414. The zero-order valence-corrected chi connectivity index (χ0v) is 10.7. The van der Waals surface area contributed by atoms with Gasteiger partial charge in [-0.05, 0) is 31.0 Å². The van der Waals surface area contributed by atoms with E-state index in [2.05, 4.69) is 33.2 Å². The van der Waals surface area contributed by atoms with Crippen LogP contribution in [0.25, 0.3) is 0 Å². The Labute approximate surface area is 107 Å². The summed E-state index contributed by atoms with van der Waals surface area (Å²) in [4.78, 5) is 4.49. The highest BCUT2D eigenvalue weighted by Gasteiger charge is 2.21. The largest absolute Gasteiger partial charge is 0.497 e. The van der Waals surface area contributed by atoms with Gasteiger partial charge in [-0.25, -0.2) is 4.98 Å². The quantitative estimate of drug-likeness (QED) is 0.881. The Bertz CT molecular complexity index is 545. The van der Waals surface area contributed by atoms with Gasteiger partial charge in [-0.3, -0.25) is 0 Å². The van der Waals surface area contributed by atoms with Crippen LogP contribution in [-0.4, -0.2) is 23.2 Å². The molecule has 0 saturated heterocycles. The molecule has 3 rings (SSSR count). The van der Waals surface area contributed by atoms with Crippen molar-refractivity contribution in [3.63, 3.8) is 0 Å². The van der Waals surface area contributed by atoms with Gasteiger partial charge in [-0.15, -0.1) is 0 Å². The maximum Gasteiger partial charge on any atom is 0.203 e. The van der Waals surface area contributed by atoms with Crippen LogP contribution < -0.4 is 10.1 Å². The molecule has 0 radical (unpaired) electrons. The number of rotatable bonds is 2. The van der Waals surface area contributed by atoms with E-state index in [0.29, 0.717) is 6.04 Å². The smallest absolute Gasteiger partial charge is 0.203 e. The second-order valence-electron chi connectivity index (χ2n) is 4.62. The maximum absolute atomic E-state index is 5.20. The predicted molar refractivity (Wildman–Crippen MR) is 71.2 cm³/mol. The van der Waals surface area contributed by atoms with Crippen LogP contribution in [0.3, 0.4) is 0 Å². The lowest BCUT2D eigenvalue weighted by Crippen LogP contribution is -2.23. The Balaban J connectivity index is 1.97. The number of fused-ring (bicyclic) bond motifs is 1. The van der Waals surface area contributed by atoms with E-state index in [1.165, 1.54) is 5.56 Å². The van der Waals surface area contributed by atoms with Crippen molar-refractivity contribution < 1.29 is 4.74 Å². The zero-order valence-electron chi connectivity index (χ0n) is 10.7. The first-order valence-corrected chi connectivity index (χ1v) is 6.21. The van der Waals surface area contributed by atoms with Crippen molar-refractivity contribution in [3.05, 3.63) is 41.7 Å². The molecule has 2 aromatic rings. The first-order valence-electron chi connectivity index (χ1n) is 6.21. The maximum atomic E-state index is 5.20. The molecular formula is C14H17N3O. The van der Waals surface area contributed by atoms with Gasteiger partial charge < -0.3 is 14.6 Å². The summed E-state index contributed by atoms with van der Waals surface area (Å²) in [5.41, 5.74) is 2.36. The van der Waals surface area contributed by atoms with Gasteiger partial charge in [-0.1, -0.05) is 12.1 Å². The van der Waals surface area contributed by atoms with E-state index in [-0.39, 0.29) is 0 Å². The van der Waals surface area contributed by atoms with Gasteiger partial charge in [-0.2, -0.15) is 0 Å². The highest BCUT2D eigenvalue weighted by molar-refractivity contribution is 5.37. The van der Waals surface area contributed by atoms with E-state index in [4.69, 9.17) is 4.74 Å². The van der Waals surface area contributed by atoms with Crippen molar-refractivity contribution in [1.29, 1.82) is 0 Å². The van der Waals surface area contributed by atoms with Gasteiger partial charge in [0.1, 0.15) is 5.75 Å². The number of aryl methyl sites for hydroxylation is 1. The number of imidazole rings is 1. The number of aromatic nitrogens is 2. The molecule has 0 fully saturated rings. The molecule has 4 nitrogen and oxygen atoms in total. The van der Waals surface area contributed by atoms with Gasteiger partial charge >= 0.3 is 0 Å². The third-order valence-corrected chi connectivity index (χ3v) is 3.39. The number of benzene rings is 1. The number of hydrogen-bond acceptors (Lipinski definition) is 3. The SMILES string of the molecule is COc1ccc(C2CCNc3nc(C)cn32)cc1. The Hall–Kier alpha value is -1.97. The zero-order chi connectivity index (χ0) is 12.5. The summed E-state index contributed by atoms with van der Waals surface area (Å²) in [5, 5.41) is 3.33. The van der Waals surface area contributed by atoms with E-state index in [1.54, 1.807) is 7.11 Å². The van der Waals surface area contributed by atoms with Gasteiger partial charge in [0.15, 0.2) is 0 Å². The number of methoxy groups -OCH3 is 1. The molecule has 1 aliphatic rings. The molecule has 1 N–H and O–H groups in total. The van der Waals surface area contributed by atoms with Crippen molar-refractivity contribution in [2.24, 2.45) is 0 Å². The summed E-state index contributed by atoms with van der Waals surface area (Å²) in [5.74, 6) is 1.87. The van der Waals surface area contributed by atoms with Gasteiger partial charge in [0.05, 0.1) is 18.8 Å². The minimum Gasteiger partial charge on any atom is -0.497 e. The third kappa shape index (κ3) is 1.83. The molecule has 18 heavy (non-hydrogen) atoms. The number of nitrogens with one attached hydrogen (secondary N) is 1. The standard InChI is InChI=1S/C14H17N3O/c1-10-9-17-13(7-8-15-14(17)16-10)11-3-5-12(18-2)6-4-11/h3-6,9,13H,7-8H2,1-2H3,(H,15,16). The molecule has 1 aromatic carbocycles. The van der Waals surface area contributed by atoms with Crippen LogP contribution in [-0.2, 0) is 0 Å². The number of anilines is 1. The van der Waals surface area contributed by atoms with Gasteiger partial charge in [0, 0.05) is 12.7 Å². The Morgan fingerprint density at radius 2 is 2.11 bits per heavy atom. The van der Waals surface area contributed by atoms with E-state index in [0.717, 1.165) is 30.4 Å². The third-order valence-electron chi connectivity index (χ3n) is 3.39. The summed E-state index contributed by atoms with van der Waals surface area (Å²) >= 11 is 0. The van der Waals surface area contributed by atoms with Crippen LogP contribution in [0.2, 0.25) is 0 Å². The first-order chi connectivity index (χ1) is 8.78. The molecule has 0 amide bonds. The van der Waals surface area contributed by atoms with E-state index < -0.39 is 0 Å². The van der Waals surface area contributed by atoms with Crippen LogP contribution in [0.1, 0.15) is 23.7 Å². The molecule has 1 atom stereocenters. The van der Waals surface area contributed by atoms with Crippen LogP contribution in [0.4, 0.5) is 5.95 Å². The predicted octanol–water partition coefficient (Wildman–Crippen LogP) is 2.61. The summed E-state index contributed by atoms with van der Waals surface area (Å²) in [6.45, 7) is 2.99. The van der Waals surface area contributed by atoms with E-state index in [9.17, 15) is 0 Å². The van der Waals surface area contributed by atoms with Gasteiger partial charge in [0.2, 0.25) is 5.95 Å². The van der Waals surface area contributed by atoms with Crippen LogP contribution in [0.5, 0.6) is 5.75 Å². The van der Waals surface area contributed by atoms with Crippen molar-refractivity contribution >= 4 is 5.95 Å². The number of hydrogen-bond donors (Lipinski definition) is 1. The highest BCUT2D eigenvalue weighted by atomic mass is 16.5. The molecule has 2 heterocycles. The molecule has 0 saturated carbocycles. The Kier molecular flexibility index (Phi) is 2.70. The average molecular weight is 243 g/mol. The summed E-state index contributed by atoms with van der Waals surface area (Å²) in [6, 6.07) is 8.66. The Morgan fingerprint density at radius 3 is 2.83 bits per heavy atom. The van der Waals surface area contributed by atoms with E-state index >= 15 is 0 Å². The van der Waals surface area contributed by atoms with Crippen LogP contribution in [0, 0.1) is 6.92 Å². The molecule has 0 bridgehead atoms. The van der Waals surface area contributed by atoms with Crippen molar-refractivity contribution in [2.45, 2.75) is 19.4 Å². The molecular weight excluding hydrogens is 226 g/mol. The average Bonchev–Trinajstić information content (AvgIpc) is 2.79. The fraction of sp³-hybridized carbons (Fsp3) is 0.357. The first kappa shape index (κ1) is 11.1. The molecule has 4 heteroatoms. The molecule has 0 aliphatic carbocycles. The Morgan fingerprint density at radius 1 is 1.33 bits per heavy atom. The lowest BCUT2D eigenvalue weighted by Gasteiger charge is -2.26. The molecule has 1 aliphatic heterocycles. The molecule has 1 unspecified atom stereocenters. The van der Waals surface area contributed by atoms with Crippen LogP contribution >= 0.6 is 0 Å². The van der Waals surface area contributed by atoms with Gasteiger partial charge in [0.25, 0.3) is 0 Å². The van der Waals surface area contributed by atoms with E-state index in [1.807, 2.05) is 19.1 Å². The summed E-state index contributed by atoms with van der Waals surface area (Å²) < 4.78 is 7.42. The van der Waals surface area contributed by atoms with Crippen molar-refractivity contribution in [1.82, 2.24) is 9.55 Å². The van der Waals surface area contributed by atoms with Crippen molar-refractivity contribution in [2.75, 3.05) is 19.0 Å². The highest BCUT2D eigenvalue weighted by Crippen LogP contribution is 2.30. The molecule has 0 spiro atoms. The molecule has 1 aromatic heterocycles. The van der Waals surface area contributed by atoms with Crippen LogP contribution in [0.15, 0.2) is 30.5 Å². The fourth-order valence-electron chi connectivity index (χ4n) is 2.50.